The molecule has 4 atom stereocenters. The van der Waals surface area contributed by atoms with Gasteiger partial charge >= 0.3 is 0 Å². The zero-order chi connectivity index (χ0) is 9.77. The first-order valence-electron chi connectivity index (χ1n) is 6.52. The molecule has 1 spiro atoms. The third-order valence-electron chi connectivity index (χ3n) is 7.16. The zero-order valence-corrected chi connectivity index (χ0v) is 9.77. The van der Waals surface area contributed by atoms with Gasteiger partial charge in [-0.25, -0.2) is 0 Å². The van der Waals surface area contributed by atoms with Crippen LogP contribution in [0, 0.1) is 34.0 Å². The Morgan fingerprint density at radius 2 is 1.64 bits per heavy atom. The third-order valence-corrected chi connectivity index (χ3v) is 7.16. The third kappa shape index (κ3) is 0.581. The minimum absolute atomic E-state index is 0.654. The molecule has 14 heavy (non-hydrogen) atoms. The van der Waals surface area contributed by atoms with E-state index >= 15 is 0 Å². The maximum Gasteiger partial charge on any atom is -0.0232 e. The molecule has 0 heterocycles. The molecule has 3 unspecified atom stereocenters. The number of fused-ring (bicyclic) bond motifs is 6. The summed E-state index contributed by atoms with van der Waals surface area (Å²) < 4.78 is 0. The molecule has 0 nitrogen and oxygen atoms in total. The van der Waals surface area contributed by atoms with E-state index in [-0.39, 0.29) is 0 Å². The van der Waals surface area contributed by atoms with Gasteiger partial charge in [0.15, 0.2) is 0 Å². The lowest BCUT2D eigenvalue weighted by molar-refractivity contribution is -0.0198. The topological polar surface area (TPSA) is 0 Å². The summed E-state index contributed by atoms with van der Waals surface area (Å²) in [5.74, 6) is 3.38. The van der Waals surface area contributed by atoms with Gasteiger partial charge in [0.2, 0.25) is 0 Å². The molecule has 2 bridgehead atoms. The Balaban J connectivity index is 1.89. The zero-order valence-electron chi connectivity index (χ0n) is 9.77. The van der Waals surface area contributed by atoms with E-state index in [1.165, 1.54) is 12.3 Å². The smallest absolute Gasteiger partial charge is 0.0232 e. The Morgan fingerprint density at radius 1 is 0.929 bits per heavy atom. The molecule has 4 rings (SSSR count). The van der Waals surface area contributed by atoms with Crippen LogP contribution in [0.15, 0.2) is 0 Å². The first kappa shape index (κ1) is 8.19. The Labute approximate surface area is 87.5 Å². The van der Waals surface area contributed by atoms with Crippen LogP contribution < -0.4 is 0 Å². The summed E-state index contributed by atoms with van der Waals surface area (Å²) in [6, 6.07) is 0. The van der Waals surface area contributed by atoms with Crippen molar-refractivity contribution in [1.82, 2.24) is 0 Å². The monoisotopic (exact) mass is 190 g/mol. The highest BCUT2D eigenvalue weighted by Gasteiger charge is 2.77. The average molecular weight is 190 g/mol. The fourth-order valence-electron chi connectivity index (χ4n) is 5.85. The van der Waals surface area contributed by atoms with Crippen LogP contribution in [0.2, 0.25) is 0 Å². The standard InChI is InChI=1S/C14H22/c1-12(2)11-4-5-13(12,3)9-8-10(9)14(11)6-7-14/h9-11H,4-8H2,1-3H3/t9-,10?,11?,13?/m1/s1. The lowest BCUT2D eigenvalue weighted by Gasteiger charge is -2.50. The minimum atomic E-state index is 0.654. The number of rotatable bonds is 0. The van der Waals surface area contributed by atoms with Gasteiger partial charge in [-0.05, 0) is 66.1 Å². The second kappa shape index (κ2) is 1.83. The average Bonchev–Trinajstić information content (AvgIpc) is 2.96. The second-order valence-electron chi connectivity index (χ2n) is 7.41. The van der Waals surface area contributed by atoms with E-state index in [2.05, 4.69) is 20.8 Å². The molecule has 4 saturated carbocycles. The van der Waals surface area contributed by atoms with Gasteiger partial charge in [-0.1, -0.05) is 20.8 Å². The van der Waals surface area contributed by atoms with Crippen molar-refractivity contribution in [1.29, 1.82) is 0 Å². The summed E-state index contributed by atoms with van der Waals surface area (Å²) in [6.45, 7) is 7.77. The molecule has 0 saturated heterocycles. The summed E-state index contributed by atoms with van der Waals surface area (Å²) in [4.78, 5) is 0. The van der Waals surface area contributed by atoms with Gasteiger partial charge in [-0.2, -0.15) is 0 Å². The van der Waals surface area contributed by atoms with Gasteiger partial charge < -0.3 is 0 Å². The fourth-order valence-corrected chi connectivity index (χ4v) is 5.85. The lowest BCUT2D eigenvalue weighted by atomic mass is 9.55. The van der Waals surface area contributed by atoms with Crippen molar-refractivity contribution in [2.75, 3.05) is 0 Å². The van der Waals surface area contributed by atoms with E-state index < -0.39 is 0 Å². The summed E-state index contributed by atoms with van der Waals surface area (Å²) in [5, 5.41) is 0. The van der Waals surface area contributed by atoms with Crippen LogP contribution in [0.5, 0.6) is 0 Å². The molecule has 4 aliphatic carbocycles. The molecule has 4 fully saturated rings. The summed E-state index contributed by atoms with van der Waals surface area (Å²) in [5.41, 5.74) is 2.25. The van der Waals surface area contributed by atoms with Crippen molar-refractivity contribution < 1.29 is 0 Å². The molecular formula is C14H22. The maximum atomic E-state index is 2.60. The molecule has 78 valence electrons. The van der Waals surface area contributed by atoms with Crippen LogP contribution in [-0.4, -0.2) is 0 Å². The van der Waals surface area contributed by atoms with E-state index in [4.69, 9.17) is 0 Å². The quantitative estimate of drug-likeness (QED) is 0.544. The van der Waals surface area contributed by atoms with E-state index in [9.17, 15) is 0 Å². The summed E-state index contributed by atoms with van der Waals surface area (Å²) in [7, 11) is 0. The van der Waals surface area contributed by atoms with Crippen LogP contribution >= 0.6 is 0 Å². The number of hydrogen-bond donors (Lipinski definition) is 0. The van der Waals surface area contributed by atoms with Crippen LogP contribution in [0.25, 0.3) is 0 Å². The molecular weight excluding hydrogens is 168 g/mol. The highest BCUT2D eigenvalue weighted by atomic mass is 14.8. The number of hydrogen-bond acceptors (Lipinski definition) is 0. The van der Waals surface area contributed by atoms with Crippen LogP contribution in [-0.2, 0) is 0 Å². The normalized spacial score (nSPS) is 59.8. The largest absolute Gasteiger partial charge is 0.0591 e. The predicted octanol–water partition coefficient (Wildman–Crippen LogP) is 3.86. The first-order chi connectivity index (χ1) is 6.52. The SMILES string of the molecule is CC1(C)C2CCC1(C)[C@@H]1CC1C21CC1. The lowest BCUT2D eigenvalue weighted by Crippen LogP contribution is -2.44. The van der Waals surface area contributed by atoms with Gasteiger partial charge in [-0.3, -0.25) is 0 Å². The molecule has 0 N–H and O–H groups in total. The Bertz CT molecular complexity index is 310. The van der Waals surface area contributed by atoms with Gasteiger partial charge in [0.25, 0.3) is 0 Å². The van der Waals surface area contributed by atoms with Gasteiger partial charge in [0.05, 0.1) is 0 Å². The van der Waals surface area contributed by atoms with Crippen LogP contribution in [0.3, 0.4) is 0 Å². The van der Waals surface area contributed by atoms with E-state index in [1.54, 1.807) is 25.7 Å². The molecule has 0 heteroatoms. The van der Waals surface area contributed by atoms with E-state index in [0.29, 0.717) is 5.41 Å². The summed E-state index contributed by atoms with van der Waals surface area (Å²) in [6.07, 6.45) is 7.84. The molecule has 0 radical (unpaired) electrons. The van der Waals surface area contributed by atoms with Crippen molar-refractivity contribution >= 4 is 0 Å². The van der Waals surface area contributed by atoms with E-state index in [0.717, 1.165) is 22.7 Å². The molecule has 0 amide bonds. The summed E-state index contributed by atoms with van der Waals surface area (Å²) >= 11 is 0. The van der Waals surface area contributed by atoms with Crippen molar-refractivity contribution in [2.45, 2.75) is 52.9 Å². The van der Waals surface area contributed by atoms with E-state index in [1.807, 2.05) is 0 Å². The van der Waals surface area contributed by atoms with Crippen LogP contribution in [0.1, 0.15) is 52.9 Å². The molecule has 0 aromatic heterocycles. The molecule has 4 aliphatic rings. The molecule has 0 aliphatic heterocycles. The van der Waals surface area contributed by atoms with Crippen molar-refractivity contribution in [3.05, 3.63) is 0 Å². The Kier molecular flexibility index (Phi) is 1.07. The van der Waals surface area contributed by atoms with Gasteiger partial charge in [-0.15, -0.1) is 0 Å². The minimum Gasteiger partial charge on any atom is -0.0591 e. The Morgan fingerprint density at radius 3 is 2.29 bits per heavy atom. The van der Waals surface area contributed by atoms with Gasteiger partial charge in [0, 0.05) is 0 Å². The molecule has 0 aromatic rings. The first-order valence-corrected chi connectivity index (χ1v) is 6.52. The van der Waals surface area contributed by atoms with Crippen LogP contribution in [0.4, 0.5) is 0 Å². The second-order valence-corrected chi connectivity index (χ2v) is 7.41. The van der Waals surface area contributed by atoms with Crippen molar-refractivity contribution in [3.63, 3.8) is 0 Å². The highest BCUT2D eigenvalue weighted by Crippen LogP contribution is 2.85. The highest BCUT2D eigenvalue weighted by molar-refractivity contribution is 5.26. The van der Waals surface area contributed by atoms with Crippen molar-refractivity contribution in [2.24, 2.45) is 34.0 Å². The predicted molar refractivity (Wildman–Crippen MR) is 57.9 cm³/mol. The molecule has 0 aromatic carbocycles. The van der Waals surface area contributed by atoms with Crippen molar-refractivity contribution in [3.8, 4) is 0 Å². The Hall–Kier alpha value is 0. The maximum absolute atomic E-state index is 2.60. The fraction of sp³-hybridized carbons (Fsp3) is 1.00. The van der Waals surface area contributed by atoms with Gasteiger partial charge in [0.1, 0.15) is 0 Å².